The molecule has 0 bridgehead atoms. The number of carboxylic acids is 1. The van der Waals surface area contributed by atoms with Crippen LogP contribution in [0.1, 0.15) is 12.0 Å². The van der Waals surface area contributed by atoms with Crippen LogP contribution >= 0.6 is 0 Å². The Labute approximate surface area is 81.2 Å². The van der Waals surface area contributed by atoms with Gasteiger partial charge in [-0.1, -0.05) is 6.07 Å². The molecular weight excluding hydrogens is 182 g/mol. The van der Waals surface area contributed by atoms with E-state index in [9.17, 15) is 9.90 Å². The second kappa shape index (κ2) is 3.21. The van der Waals surface area contributed by atoms with Gasteiger partial charge in [-0.2, -0.15) is 0 Å². The molecule has 4 heteroatoms. The Morgan fingerprint density at radius 3 is 3.07 bits per heavy atom. The fourth-order valence-electron chi connectivity index (χ4n) is 1.75. The number of carboxylic acid groups (broad SMARTS) is 1. The molecule has 1 unspecified atom stereocenters. The van der Waals surface area contributed by atoms with E-state index >= 15 is 0 Å². The van der Waals surface area contributed by atoms with Crippen LogP contribution in [0, 0.1) is 0 Å². The summed E-state index contributed by atoms with van der Waals surface area (Å²) in [7, 11) is 0. The van der Waals surface area contributed by atoms with Gasteiger partial charge in [-0.05, 0) is 18.1 Å². The van der Waals surface area contributed by atoms with Crippen LogP contribution < -0.4 is 5.32 Å². The van der Waals surface area contributed by atoms with Crippen LogP contribution in [-0.4, -0.2) is 22.2 Å². The van der Waals surface area contributed by atoms with Gasteiger partial charge in [0, 0.05) is 17.8 Å². The van der Waals surface area contributed by atoms with Gasteiger partial charge < -0.3 is 15.5 Å². The summed E-state index contributed by atoms with van der Waals surface area (Å²) in [5.74, 6) is -0.605. The van der Waals surface area contributed by atoms with Crippen LogP contribution in [0.25, 0.3) is 0 Å². The summed E-state index contributed by atoms with van der Waals surface area (Å²) in [6, 6.07) is 5.00. The standard InChI is InChI=1S/C10H11NO3/c12-8-2-1-6-3-7(4-10(13)14)11-9(6)5-8/h1-2,5,7,11-12H,3-4H2,(H,13,14). The van der Waals surface area contributed by atoms with Crippen molar-refractivity contribution in [2.75, 3.05) is 5.32 Å². The van der Waals surface area contributed by atoms with Crippen LogP contribution in [0.5, 0.6) is 5.75 Å². The molecule has 0 spiro atoms. The molecule has 1 aliphatic rings. The number of aromatic hydroxyl groups is 1. The minimum Gasteiger partial charge on any atom is -0.508 e. The summed E-state index contributed by atoms with van der Waals surface area (Å²) in [5.41, 5.74) is 1.91. The Morgan fingerprint density at radius 1 is 1.57 bits per heavy atom. The largest absolute Gasteiger partial charge is 0.508 e. The van der Waals surface area contributed by atoms with Crippen molar-refractivity contribution in [2.45, 2.75) is 18.9 Å². The second-order valence-electron chi connectivity index (χ2n) is 3.48. The first-order valence-corrected chi connectivity index (χ1v) is 4.45. The lowest BCUT2D eigenvalue weighted by Crippen LogP contribution is -2.19. The number of rotatable bonds is 2. The first kappa shape index (κ1) is 8.87. The number of benzene rings is 1. The maximum atomic E-state index is 10.5. The quantitative estimate of drug-likeness (QED) is 0.660. The summed E-state index contributed by atoms with van der Waals surface area (Å²) in [6.07, 6.45) is 0.817. The molecule has 0 radical (unpaired) electrons. The molecule has 1 aromatic carbocycles. The van der Waals surface area contributed by atoms with E-state index in [0.717, 1.165) is 11.3 Å². The van der Waals surface area contributed by atoms with Crippen LogP contribution in [0.2, 0.25) is 0 Å². The van der Waals surface area contributed by atoms with E-state index in [2.05, 4.69) is 5.32 Å². The normalized spacial score (nSPS) is 18.7. The molecule has 2 rings (SSSR count). The van der Waals surface area contributed by atoms with Gasteiger partial charge in [0.1, 0.15) is 5.75 Å². The number of nitrogens with one attached hydrogen (secondary N) is 1. The van der Waals surface area contributed by atoms with E-state index in [0.29, 0.717) is 6.42 Å². The summed E-state index contributed by atoms with van der Waals surface area (Å²) < 4.78 is 0. The average Bonchev–Trinajstić information content (AvgIpc) is 2.44. The number of anilines is 1. The highest BCUT2D eigenvalue weighted by Crippen LogP contribution is 2.30. The predicted octanol–water partition coefficient (Wildman–Crippen LogP) is 1.20. The predicted molar refractivity (Wildman–Crippen MR) is 51.5 cm³/mol. The van der Waals surface area contributed by atoms with Gasteiger partial charge in [-0.25, -0.2) is 0 Å². The van der Waals surface area contributed by atoms with Gasteiger partial charge in [-0.3, -0.25) is 4.79 Å². The Bertz CT molecular complexity index is 376. The van der Waals surface area contributed by atoms with Gasteiger partial charge in [0.25, 0.3) is 0 Å². The highest BCUT2D eigenvalue weighted by molar-refractivity contribution is 5.70. The van der Waals surface area contributed by atoms with E-state index in [4.69, 9.17) is 5.11 Å². The third-order valence-corrected chi connectivity index (χ3v) is 2.34. The monoisotopic (exact) mass is 193 g/mol. The van der Waals surface area contributed by atoms with Gasteiger partial charge >= 0.3 is 5.97 Å². The summed E-state index contributed by atoms with van der Waals surface area (Å²) in [6.45, 7) is 0. The summed E-state index contributed by atoms with van der Waals surface area (Å²) in [4.78, 5) is 10.5. The van der Waals surface area contributed by atoms with Crippen molar-refractivity contribution in [2.24, 2.45) is 0 Å². The second-order valence-corrected chi connectivity index (χ2v) is 3.48. The van der Waals surface area contributed by atoms with Gasteiger partial charge in [-0.15, -0.1) is 0 Å². The molecule has 1 aromatic rings. The smallest absolute Gasteiger partial charge is 0.305 e. The van der Waals surface area contributed by atoms with E-state index in [1.54, 1.807) is 12.1 Å². The minimum absolute atomic E-state index is 0.0516. The lowest BCUT2D eigenvalue weighted by Gasteiger charge is -2.06. The van der Waals surface area contributed by atoms with Crippen molar-refractivity contribution in [3.8, 4) is 5.75 Å². The first-order chi connectivity index (χ1) is 6.65. The molecule has 1 atom stereocenters. The Morgan fingerprint density at radius 2 is 2.36 bits per heavy atom. The van der Waals surface area contributed by atoms with Crippen molar-refractivity contribution >= 4 is 11.7 Å². The molecule has 74 valence electrons. The highest BCUT2D eigenvalue weighted by atomic mass is 16.4. The fraction of sp³-hybridized carbons (Fsp3) is 0.300. The van der Waals surface area contributed by atoms with Crippen LogP contribution in [0.15, 0.2) is 18.2 Å². The number of aliphatic carboxylic acids is 1. The molecule has 0 aromatic heterocycles. The maximum Gasteiger partial charge on any atom is 0.305 e. The molecule has 3 N–H and O–H groups in total. The minimum atomic E-state index is -0.806. The van der Waals surface area contributed by atoms with Crippen molar-refractivity contribution < 1.29 is 15.0 Å². The number of hydrogen-bond donors (Lipinski definition) is 3. The number of phenols is 1. The molecule has 0 amide bonds. The van der Waals surface area contributed by atoms with Crippen LogP contribution in [0.4, 0.5) is 5.69 Å². The van der Waals surface area contributed by atoms with Gasteiger partial charge in [0.2, 0.25) is 0 Å². The first-order valence-electron chi connectivity index (χ1n) is 4.45. The van der Waals surface area contributed by atoms with Crippen molar-refractivity contribution in [3.63, 3.8) is 0 Å². The molecule has 0 aliphatic carbocycles. The Hall–Kier alpha value is -1.71. The topological polar surface area (TPSA) is 69.6 Å². The number of fused-ring (bicyclic) bond motifs is 1. The number of phenolic OH excluding ortho intramolecular Hbond substituents is 1. The highest BCUT2D eigenvalue weighted by Gasteiger charge is 2.22. The third kappa shape index (κ3) is 1.64. The molecular formula is C10H11NO3. The third-order valence-electron chi connectivity index (χ3n) is 2.34. The summed E-state index contributed by atoms with van der Waals surface area (Å²) >= 11 is 0. The molecule has 14 heavy (non-hydrogen) atoms. The van der Waals surface area contributed by atoms with Crippen molar-refractivity contribution in [1.82, 2.24) is 0 Å². The van der Waals surface area contributed by atoms with Crippen molar-refractivity contribution in [3.05, 3.63) is 23.8 Å². The number of carbonyl (C=O) groups is 1. The lowest BCUT2D eigenvalue weighted by molar-refractivity contribution is -0.137. The molecule has 1 aliphatic heterocycles. The fourth-order valence-corrected chi connectivity index (χ4v) is 1.75. The zero-order valence-corrected chi connectivity index (χ0v) is 7.53. The van der Waals surface area contributed by atoms with E-state index < -0.39 is 5.97 Å². The SMILES string of the molecule is O=C(O)CC1Cc2ccc(O)cc2N1. The Balaban J connectivity index is 2.14. The Kier molecular flexibility index (Phi) is 2.04. The number of hydrogen-bond acceptors (Lipinski definition) is 3. The van der Waals surface area contributed by atoms with Crippen molar-refractivity contribution in [1.29, 1.82) is 0 Å². The maximum absolute atomic E-state index is 10.5. The molecule has 0 saturated carbocycles. The van der Waals surface area contributed by atoms with Gasteiger partial charge in [0.15, 0.2) is 0 Å². The summed E-state index contributed by atoms with van der Waals surface area (Å²) in [5, 5.41) is 20.9. The zero-order chi connectivity index (χ0) is 10.1. The van der Waals surface area contributed by atoms with Crippen LogP contribution in [-0.2, 0) is 11.2 Å². The molecule has 1 heterocycles. The molecule has 0 saturated heterocycles. The molecule has 4 nitrogen and oxygen atoms in total. The molecule has 0 fully saturated rings. The van der Waals surface area contributed by atoms with E-state index in [-0.39, 0.29) is 18.2 Å². The van der Waals surface area contributed by atoms with Gasteiger partial charge in [0.05, 0.1) is 6.42 Å². The zero-order valence-electron chi connectivity index (χ0n) is 7.53. The van der Waals surface area contributed by atoms with E-state index in [1.807, 2.05) is 6.07 Å². The lowest BCUT2D eigenvalue weighted by atomic mass is 10.1. The average molecular weight is 193 g/mol. The van der Waals surface area contributed by atoms with Crippen LogP contribution in [0.3, 0.4) is 0 Å². The van der Waals surface area contributed by atoms with E-state index in [1.165, 1.54) is 0 Å².